The fourth-order valence-corrected chi connectivity index (χ4v) is 4.70. The number of nitrogens with zero attached hydrogens (tertiary/aromatic N) is 4. The minimum absolute atomic E-state index is 0.0946. The fourth-order valence-electron chi connectivity index (χ4n) is 3.65. The molecule has 0 unspecified atom stereocenters. The third-order valence-electron chi connectivity index (χ3n) is 5.13. The number of nitriles is 1. The van der Waals surface area contributed by atoms with Gasteiger partial charge < -0.3 is 9.88 Å². The number of imidazole rings is 1. The molecule has 0 saturated carbocycles. The lowest BCUT2D eigenvalue weighted by atomic mass is 10.2. The number of thioether (sulfide) groups is 1. The van der Waals surface area contributed by atoms with Crippen molar-refractivity contribution in [1.29, 1.82) is 5.26 Å². The molecule has 0 bridgehead atoms. The number of carbonyl (C=O) groups is 1. The highest BCUT2D eigenvalue weighted by atomic mass is 35.5. The van der Waals surface area contributed by atoms with Crippen LogP contribution in [0, 0.1) is 11.3 Å². The Morgan fingerprint density at radius 3 is 2.77 bits per heavy atom. The highest BCUT2D eigenvalue weighted by Gasteiger charge is 2.22. The van der Waals surface area contributed by atoms with Gasteiger partial charge in [0.1, 0.15) is 16.8 Å². The summed E-state index contributed by atoms with van der Waals surface area (Å²) in [7, 11) is 0. The third kappa shape index (κ3) is 3.65. The number of para-hydroxylation sites is 1. The molecular formula is C23H16ClN5OS. The number of halogens is 1. The van der Waals surface area contributed by atoms with E-state index in [1.807, 2.05) is 53.1 Å². The summed E-state index contributed by atoms with van der Waals surface area (Å²) >= 11 is 7.47. The first kappa shape index (κ1) is 19.6. The van der Waals surface area contributed by atoms with Crippen LogP contribution in [-0.4, -0.2) is 27.0 Å². The van der Waals surface area contributed by atoms with E-state index >= 15 is 0 Å². The zero-order chi connectivity index (χ0) is 21.4. The lowest BCUT2D eigenvalue weighted by Gasteiger charge is -2.09. The molecule has 5 rings (SSSR count). The number of rotatable bonds is 4. The Labute approximate surface area is 187 Å². The van der Waals surface area contributed by atoms with Gasteiger partial charge >= 0.3 is 0 Å². The van der Waals surface area contributed by atoms with Crippen LogP contribution < -0.4 is 5.32 Å². The molecule has 4 aromatic rings. The average Bonchev–Trinajstić information content (AvgIpc) is 3.08. The van der Waals surface area contributed by atoms with Crippen LogP contribution in [0.25, 0.3) is 22.6 Å². The number of carbonyl (C=O) groups excluding carboxylic acids is 1. The van der Waals surface area contributed by atoms with E-state index in [4.69, 9.17) is 21.6 Å². The van der Waals surface area contributed by atoms with Crippen LogP contribution in [0.1, 0.15) is 21.5 Å². The van der Waals surface area contributed by atoms with E-state index in [0.717, 1.165) is 16.6 Å². The first-order chi connectivity index (χ1) is 15.1. The van der Waals surface area contributed by atoms with E-state index in [-0.39, 0.29) is 5.91 Å². The normalized spacial score (nSPS) is 13.0. The van der Waals surface area contributed by atoms with Crippen molar-refractivity contribution in [3.63, 3.8) is 0 Å². The van der Waals surface area contributed by atoms with Crippen LogP contribution in [-0.2, 0) is 12.3 Å². The van der Waals surface area contributed by atoms with Crippen LogP contribution in [0.2, 0.25) is 5.02 Å². The second-order valence-corrected chi connectivity index (χ2v) is 8.49. The Kier molecular flexibility index (Phi) is 5.10. The number of hydrogen-bond donors (Lipinski definition) is 1. The second-order valence-electron chi connectivity index (χ2n) is 7.09. The highest BCUT2D eigenvalue weighted by Crippen LogP contribution is 2.31. The number of nitrogens with one attached hydrogen (secondary N) is 1. The molecule has 0 radical (unpaired) electrons. The Morgan fingerprint density at radius 2 is 1.97 bits per heavy atom. The van der Waals surface area contributed by atoms with Crippen LogP contribution in [0.15, 0.2) is 59.6 Å². The molecule has 0 fully saturated rings. The van der Waals surface area contributed by atoms with Gasteiger partial charge in [-0.15, -0.1) is 11.8 Å². The SMILES string of the molecule is N#Cc1ccc(-c2nc3cccc4c3n2CCNC4=O)nc1SCc1ccc(Cl)cc1. The van der Waals surface area contributed by atoms with E-state index in [9.17, 15) is 10.1 Å². The quantitative estimate of drug-likeness (QED) is 0.462. The molecule has 152 valence electrons. The first-order valence-corrected chi connectivity index (χ1v) is 11.1. The monoisotopic (exact) mass is 445 g/mol. The second kappa shape index (κ2) is 8.06. The molecule has 2 aromatic heterocycles. The van der Waals surface area contributed by atoms with Gasteiger partial charge in [0, 0.05) is 23.9 Å². The Hall–Kier alpha value is -3.34. The lowest BCUT2D eigenvalue weighted by Crippen LogP contribution is -2.24. The third-order valence-corrected chi connectivity index (χ3v) is 6.45. The van der Waals surface area contributed by atoms with Gasteiger partial charge in [0.25, 0.3) is 5.91 Å². The summed E-state index contributed by atoms with van der Waals surface area (Å²) in [5.74, 6) is 1.26. The van der Waals surface area contributed by atoms with Gasteiger partial charge in [-0.25, -0.2) is 9.97 Å². The molecule has 0 spiro atoms. The summed E-state index contributed by atoms with van der Waals surface area (Å²) in [6.45, 7) is 1.12. The summed E-state index contributed by atoms with van der Waals surface area (Å²) in [6.07, 6.45) is 0. The van der Waals surface area contributed by atoms with Gasteiger partial charge in [-0.3, -0.25) is 4.79 Å². The summed E-state index contributed by atoms with van der Waals surface area (Å²) in [5.41, 5.74) is 4.47. The average molecular weight is 446 g/mol. The Morgan fingerprint density at radius 1 is 1.13 bits per heavy atom. The van der Waals surface area contributed by atoms with Crippen LogP contribution in [0.3, 0.4) is 0 Å². The van der Waals surface area contributed by atoms with Crippen molar-refractivity contribution in [2.45, 2.75) is 17.3 Å². The summed E-state index contributed by atoms with van der Waals surface area (Å²) in [5, 5.41) is 13.8. The van der Waals surface area contributed by atoms with Crippen molar-refractivity contribution < 1.29 is 4.79 Å². The summed E-state index contributed by atoms with van der Waals surface area (Å²) in [6, 6.07) is 19.0. The number of aromatic nitrogens is 3. The molecule has 1 amide bonds. The molecule has 0 aliphatic carbocycles. The molecule has 8 heteroatoms. The van der Waals surface area contributed by atoms with Gasteiger partial charge in [0.15, 0.2) is 5.82 Å². The smallest absolute Gasteiger partial charge is 0.253 e. The van der Waals surface area contributed by atoms with Gasteiger partial charge in [-0.05, 0) is 42.0 Å². The molecule has 0 atom stereocenters. The van der Waals surface area contributed by atoms with Gasteiger partial charge in [0.2, 0.25) is 0 Å². The van der Waals surface area contributed by atoms with Crippen molar-refractivity contribution in [3.05, 3.63) is 76.3 Å². The topological polar surface area (TPSA) is 83.6 Å². The number of hydrogen-bond acceptors (Lipinski definition) is 5. The lowest BCUT2D eigenvalue weighted by molar-refractivity contribution is 0.0956. The van der Waals surface area contributed by atoms with Crippen molar-refractivity contribution in [2.24, 2.45) is 0 Å². The van der Waals surface area contributed by atoms with Gasteiger partial charge in [-0.1, -0.05) is 29.8 Å². The van der Waals surface area contributed by atoms with Crippen molar-refractivity contribution in [3.8, 4) is 17.6 Å². The summed E-state index contributed by atoms with van der Waals surface area (Å²) < 4.78 is 2.03. The number of benzene rings is 2. The predicted molar refractivity (Wildman–Crippen MR) is 121 cm³/mol. The molecule has 31 heavy (non-hydrogen) atoms. The van der Waals surface area contributed by atoms with E-state index in [2.05, 4.69) is 11.4 Å². The Balaban J connectivity index is 1.56. The van der Waals surface area contributed by atoms with Crippen LogP contribution >= 0.6 is 23.4 Å². The molecule has 1 N–H and O–H groups in total. The van der Waals surface area contributed by atoms with Crippen molar-refractivity contribution in [2.75, 3.05) is 6.54 Å². The van der Waals surface area contributed by atoms with Crippen LogP contribution in [0.4, 0.5) is 0 Å². The summed E-state index contributed by atoms with van der Waals surface area (Å²) in [4.78, 5) is 21.9. The first-order valence-electron chi connectivity index (χ1n) is 9.70. The molecule has 1 aliphatic rings. The van der Waals surface area contributed by atoms with Gasteiger partial charge in [0.05, 0.1) is 22.2 Å². The van der Waals surface area contributed by atoms with E-state index in [1.54, 1.807) is 6.07 Å². The molecule has 1 aliphatic heterocycles. The van der Waals surface area contributed by atoms with E-state index < -0.39 is 0 Å². The van der Waals surface area contributed by atoms with Gasteiger partial charge in [-0.2, -0.15) is 5.26 Å². The largest absolute Gasteiger partial charge is 0.350 e. The number of amides is 1. The minimum atomic E-state index is -0.0946. The number of pyridine rings is 1. The van der Waals surface area contributed by atoms with Crippen molar-refractivity contribution >= 4 is 40.3 Å². The highest BCUT2D eigenvalue weighted by molar-refractivity contribution is 7.98. The zero-order valence-corrected chi connectivity index (χ0v) is 17.9. The minimum Gasteiger partial charge on any atom is -0.350 e. The van der Waals surface area contributed by atoms with Crippen molar-refractivity contribution in [1.82, 2.24) is 19.9 Å². The molecular weight excluding hydrogens is 430 g/mol. The Bertz CT molecular complexity index is 1360. The predicted octanol–water partition coefficient (Wildman–Crippen LogP) is 4.66. The maximum Gasteiger partial charge on any atom is 0.253 e. The van der Waals surface area contributed by atoms with Crippen LogP contribution in [0.5, 0.6) is 0 Å². The fraction of sp³-hybridized carbons (Fsp3) is 0.130. The standard InChI is InChI=1S/C23H16ClN5OS/c24-16-7-4-14(5-8-16)13-31-23-15(12-25)6-9-19(28-23)21-27-18-3-1-2-17-20(18)29(21)11-10-26-22(17)30/h1-9H,10-11,13H2,(H,26,30). The molecule has 6 nitrogen and oxygen atoms in total. The van der Waals surface area contributed by atoms with E-state index in [0.29, 0.717) is 51.5 Å². The molecule has 0 saturated heterocycles. The molecule has 2 aromatic carbocycles. The maximum atomic E-state index is 12.4. The maximum absolute atomic E-state index is 12.4. The van der Waals surface area contributed by atoms with E-state index in [1.165, 1.54) is 11.8 Å². The molecule has 3 heterocycles. The zero-order valence-electron chi connectivity index (χ0n) is 16.3.